The molecule has 0 heterocycles. The Hall–Kier alpha value is -7.64. The van der Waals surface area contributed by atoms with Gasteiger partial charge in [0, 0.05) is 103 Å². The molecule has 0 saturated carbocycles. The highest BCUT2D eigenvalue weighted by Gasteiger charge is 2.45. The summed E-state index contributed by atoms with van der Waals surface area (Å²) in [6.45, 7) is 45.2. The summed E-state index contributed by atoms with van der Waals surface area (Å²) in [5.74, 6) is -4.07. The molecule has 6 unspecified atom stereocenters. The van der Waals surface area contributed by atoms with Crippen LogP contribution in [-0.2, 0) is 138 Å². The molecule has 0 aliphatic heterocycles. The zero-order valence-corrected chi connectivity index (χ0v) is 86.5. The van der Waals surface area contributed by atoms with E-state index in [1.165, 1.54) is 27.7 Å². The summed E-state index contributed by atoms with van der Waals surface area (Å²) in [6, 6.07) is -1.37. The lowest BCUT2D eigenvalue weighted by Gasteiger charge is -2.32. The molecule has 0 aliphatic rings. The van der Waals surface area contributed by atoms with Crippen LogP contribution in [0.1, 0.15) is 55.4 Å². The highest BCUT2D eigenvalue weighted by molar-refractivity contribution is 7.81. The van der Waals surface area contributed by atoms with E-state index in [2.05, 4.69) is 95.2 Å². The SMILES string of the molecule is C=C.C=C.C=C.C=C.C=O.C=O.C=O.C=O.CC(CN)NC(=S)OCC(C)(COC(=S)NC(C)CN)C(=O)OCC(COCC(COC(=O)C(C)(COC(=S)NCCOCCOCCN)COC(=S)NCCOCCOCCN)OC(=O)C(C)(COC(=S)NCCOCCOCCN)COC(=S)NCCOCCOCCN)OC(=O)C(C)(COC(=S)NC(C)CN)COC(=S)NC(C)CN. The Balaban J connectivity index is -0.00000134. The van der Waals surface area contributed by atoms with Gasteiger partial charge in [-0.3, -0.25) is 19.2 Å². The second-order valence-corrected chi connectivity index (χ2v) is 30.5. The molecule has 788 valence electrons. The van der Waals surface area contributed by atoms with E-state index in [0.29, 0.717) is 79.0 Å². The van der Waals surface area contributed by atoms with Crippen LogP contribution in [0.5, 0.6) is 0 Å². The van der Waals surface area contributed by atoms with Crippen LogP contribution in [-0.4, -0.2) is 392 Å². The van der Waals surface area contributed by atoms with Gasteiger partial charge in [0.2, 0.25) is 0 Å². The average molecular weight is 2090 g/mol. The smallest absolute Gasteiger partial charge is 0.319 e. The van der Waals surface area contributed by atoms with Gasteiger partial charge in [0.1, 0.15) is 115 Å². The number of rotatable bonds is 70. The van der Waals surface area contributed by atoms with Crippen molar-refractivity contribution in [3.8, 4) is 0 Å². The fraction of sp³-hybridized carbons (Fsp3) is 0.707. The molecule has 0 aromatic carbocycles. The van der Waals surface area contributed by atoms with Crippen molar-refractivity contribution in [2.24, 2.45) is 67.5 Å². The van der Waals surface area contributed by atoms with Gasteiger partial charge >= 0.3 is 23.9 Å². The first-order chi connectivity index (χ1) is 64.8. The summed E-state index contributed by atoms with van der Waals surface area (Å²) in [5.41, 5.74) is 38.4. The maximum atomic E-state index is 15.3. The lowest BCUT2D eigenvalue weighted by Crippen LogP contribution is -2.48. The first-order valence-electron chi connectivity index (χ1n) is 41.8. The fourth-order valence-corrected chi connectivity index (χ4v) is 9.89. The van der Waals surface area contributed by atoms with Crippen molar-refractivity contribution in [1.29, 1.82) is 0 Å². The van der Waals surface area contributed by atoms with Gasteiger partial charge < -0.3 is 207 Å². The van der Waals surface area contributed by atoms with Crippen molar-refractivity contribution < 1.29 is 138 Å². The number of nitrogens with one attached hydrogen (secondary N) is 8. The quantitative estimate of drug-likeness (QED) is 0.0113. The minimum absolute atomic E-state index is 0.111. The van der Waals surface area contributed by atoms with Crippen LogP contribution in [0, 0.1) is 21.7 Å². The lowest BCUT2D eigenvalue weighted by molar-refractivity contribution is -0.184. The lowest BCUT2D eigenvalue weighted by atomic mass is 9.93. The van der Waals surface area contributed by atoms with Crippen molar-refractivity contribution in [2.45, 2.75) is 91.8 Å². The highest BCUT2D eigenvalue weighted by Crippen LogP contribution is 2.27. The molecule has 24 N–H and O–H groups in total. The number of esters is 4. The summed E-state index contributed by atoms with van der Waals surface area (Å²) in [5, 5.41) is 22.3. The topological polar surface area (TPSA) is 635 Å². The average Bonchev–Trinajstić information content (AvgIpc) is 0.842. The maximum absolute atomic E-state index is 15.3. The molecule has 0 bridgehead atoms. The largest absolute Gasteiger partial charge is 0.470 e. The molecule has 0 spiro atoms. The number of carbonyl (C=O) groups is 8. The Labute approximate surface area is 840 Å². The molecule has 6 atom stereocenters. The predicted octanol–water partition coefficient (Wildman–Crippen LogP) is -1.11. The summed E-state index contributed by atoms with van der Waals surface area (Å²) in [6.07, 6.45) is -3.22. The Morgan fingerprint density at radius 3 is 0.600 bits per heavy atom. The van der Waals surface area contributed by atoms with Crippen LogP contribution in [0.15, 0.2) is 52.6 Å². The Bertz CT molecular complexity index is 2890. The van der Waals surface area contributed by atoms with Gasteiger partial charge in [-0.05, 0) is 153 Å². The molecule has 135 heavy (non-hydrogen) atoms. The molecule has 45 nitrogen and oxygen atoms in total. The summed E-state index contributed by atoms with van der Waals surface area (Å²) in [7, 11) is 0. The standard InChI is InChI=1S/C70H134N16O25S8.4C2H4.4CH2O/c1-49(33-75)83-63(116)106-43-68(6,44-107-64(117)84-50(2)34-76)56(88)101-40-54(111-58(90)70(8,47-108-65(118)85-51(3)35-77)48-109-66(119)86-52(4)36-78)38-99-37-53(110-57(89)69(7,45-104-61(114)81-15-23-97-31-27-93-19-11-73)46-105-62(115)82-16-24-98-32-28-94-20-12-74)39-100-55(87)67(5,41-102-59(112)79-13-21-95-29-25-91-17-9-71)42-103-60(113)80-14-22-96-30-26-92-18-10-72;8*1-2/h49-54H,9-48,71-78H2,1-8H3,(H,79,112)(H,80,113)(H,81,114)(H,82,115)(H,83,116)(H,84,117)(H,85,118)(H,86,119);4*1-2H2;4*1H2. The van der Waals surface area contributed by atoms with E-state index in [4.69, 9.17) is 262 Å². The van der Waals surface area contributed by atoms with Crippen LogP contribution < -0.4 is 88.4 Å². The van der Waals surface area contributed by atoms with Crippen molar-refractivity contribution in [2.75, 3.05) is 264 Å². The van der Waals surface area contributed by atoms with E-state index in [9.17, 15) is 9.59 Å². The third kappa shape index (κ3) is 84.2. The van der Waals surface area contributed by atoms with Crippen molar-refractivity contribution in [3.05, 3.63) is 52.6 Å². The molecule has 0 amide bonds. The number of nitrogens with two attached hydrogens (primary N) is 8. The molecule has 0 radical (unpaired) electrons. The summed E-state index contributed by atoms with van der Waals surface area (Å²) in [4.78, 5) is 92.1. The minimum Gasteiger partial charge on any atom is -0.470 e. The summed E-state index contributed by atoms with van der Waals surface area (Å²) >= 11 is 44.0. The zero-order chi connectivity index (χ0) is 105. The van der Waals surface area contributed by atoms with E-state index in [1.807, 2.05) is 27.2 Å². The van der Waals surface area contributed by atoms with Crippen LogP contribution in [0.25, 0.3) is 0 Å². The summed E-state index contributed by atoms with van der Waals surface area (Å²) < 4.78 is 123. The first-order valence-corrected chi connectivity index (χ1v) is 45.1. The Morgan fingerprint density at radius 1 is 0.252 bits per heavy atom. The van der Waals surface area contributed by atoms with Crippen molar-refractivity contribution in [3.63, 3.8) is 0 Å². The monoisotopic (exact) mass is 2090 g/mol. The predicted molar refractivity (Wildman–Crippen MR) is 548 cm³/mol. The van der Waals surface area contributed by atoms with Crippen LogP contribution >= 0.6 is 97.7 Å². The molecular weight excluding hydrogens is 1930 g/mol. The van der Waals surface area contributed by atoms with Gasteiger partial charge in [-0.1, -0.05) is 0 Å². The van der Waals surface area contributed by atoms with Crippen molar-refractivity contribution >= 4 is 190 Å². The normalized spacial score (nSPS) is 12.4. The Kier molecular flexibility index (Phi) is 110. The van der Waals surface area contributed by atoms with Gasteiger partial charge in [0.05, 0.1) is 119 Å². The molecule has 0 rings (SSSR count). The zero-order valence-electron chi connectivity index (χ0n) is 80.0. The molecule has 0 aromatic heterocycles. The van der Waals surface area contributed by atoms with Crippen molar-refractivity contribution in [1.82, 2.24) is 42.5 Å². The number of carbonyl (C=O) groups excluding carboxylic acids is 8. The van der Waals surface area contributed by atoms with E-state index in [0.717, 1.165) is 0 Å². The van der Waals surface area contributed by atoms with E-state index in [1.54, 1.807) is 27.7 Å². The molecule has 0 aliphatic carbocycles. The Morgan fingerprint density at radius 2 is 0.422 bits per heavy atom. The maximum Gasteiger partial charge on any atom is 0.319 e. The molecule has 0 fully saturated rings. The molecule has 0 aromatic rings. The molecule has 0 saturated heterocycles. The number of ether oxygens (including phenoxy) is 21. The second-order valence-electron chi connectivity index (χ2n) is 27.5. The van der Waals surface area contributed by atoms with Crippen LogP contribution in [0.4, 0.5) is 0 Å². The second kappa shape index (κ2) is 102. The number of hydrogen-bond donors (Lipinski definition) is 16. The number of hydrogen-bond acceptors (Lipinski definition) is 45. The minimum atomic E-state index is -1.84. The van der Waals surface area contributed by atoms with Crippen LogP contribution in [0.3, 0.4) is 0 Å². The van der Waals surface area contributed by atoms with E-state index >= 15 is 9.59 Å². The van der Waals surface area contributed by atoms with Gasteiger partial charge in [0.25, 0.3) is 41.4 Å². The highest BCUT2D eigenvalue weighted by atomic mass is 32.1. The third-order valence-electron chi connectivity index (χ3n) is 15.6. The van der Waals surface area contributed by atoms with Gasteiger partial charge in [-0.2, -0.15) is 0 Å². The van der Waals surface area contributed by atoms with Crippen LogP contribution in [0.2, 0.25) is 0 Å². The first kappa shape index (κ1) is 145. The van der Waals surface area contributed by atoms with E-state index < -0.39 is 137 Å². The fourth-order valence-electron chi connectivity index (χ4n) is 8.21. The third-order valence-corrected chi connectivity index (χ3v) is 17.6. The number of thiocarbonyl (C=S) groups is 8. The molecule has 53 heteroatoms. The molecular formula is C82H158N16O29S8. The van der Waals surface area contributed by atoms with E-state index in [-0.39, 0.29) is 171 Å². The van der Waals surface area contributed by atoms with Gasteiger partial charge in [-0.25, -0.2) is 0 Å². The van der Waals surface area contributed by atoms with Gasteiger partial charge in [-0.15, -0.1) is 52.6 Å². The van der Waals surface area contributed by atoms with Gasteiger partial charge in [0.15, 0.2) is 12.2 Å².